The van der Waals surface area contributed by atoms with E-state index in [-0.39, 0.29) is 11.6 Å². The van der Waals surface area contributed by atoms with Gasteiger partial charge in [-0.05, 0) is 65.3 Å². The molecule has 1 fully saturated rings. The van der Waals surface area contributed by atoms with Crippen LogP contribution in [0.25, 0.3) is 11.1 Å². The summed E-state index contributed by atoms with van der Waals surface area (Å²) in [6.45, 7) is 9.28. The van der Waals surface area contributed by atoms with E-state index in [1.54, 1.807) is 12.1 Å². The van der Waals surface area contributed by atoms with E-state index < -0.39 is 21.1 Å². The summed E-state index contributed by atoms with van der Waals surface area (Å²) >= 11 is 12.8. The van der Waals surface area contributed by atoms with Crippen LogP contribution in [0.4, 0.5) is 0 Å². The lowest BCUT2D eigenvalue weighted by Gasteiger charge is -2.39. The molecule has 1 N–H and O–H groups in total. The van der Waals surface area contributed by atoms with Crippen LogP contribution in [0.1, 0.15) is 67.9 Å². The zero-order valence-electron chi connectivity index (χ0n) is 21.8. The van der Waals surface area contributed by atoms with Gasteiger partial charge in [0.05, 0.1) is 32.1 Å². The largest absolute Gasteiger partial charge is 0.317 e. The molecule has 1 unspecified atom stereocenters. The fourth-order valence-electron chi connectivity index (χ4n) is 5.64. The van der Waals surface area contributed by atoms with Gasteiger partial charge in [0.15, 0.2) is 5.69 Å². The van der Waals surface area contributed by atoms with Crippen molar-refractivity contribution >= 4 is 39.9 Å². The maximum Gasteiger partial charge on any atom is 0.152 e. The maximum absolute atomic E-state index is 13.3. The van der Waals surface area contributed by atoms with Gasteiger partial charge in [-0.2, -0.15) is 9.66 Å². The van der Waals surface area contributed by atoms with E-state index in [4.69, 9.17) is 37.6 Å². The third-order valence-electron chi connectivity index (χ3n) is 7.44. The van der Waals surface area contributed by atoms with E-state index in [2.05, 4.69) is 23.5 Å². The molecule has 0 radical (unpaired) electrons. The highest BCUT2D eigenvalue weighted by Crippen LogP contribution is 2.55. The minimum absolute atomic E-state index is 0.230. The van der Waals surface area contributed by atoms with Crippen LogP contribution in [0.2, 0.25) is 10.0 Å². The second-order valence-electron chi connectivity index (χ2n) is 10.8. The number of benzene rings is 2. The third kappa shape index (κ3) is 4.48. The van der Waals surface area contributed by atoms with Crippen LogP contribution in [0.15, 0.2) is 46.9 Å². The third-order valence-corrected chi connectivity index (χ3v) is 9.65. The molecule has 2 aliphatic rings. The molecule has 2 atom stereocenters. The molecule has 5 rings (SSSR count). The van der Waals surface area contributed by atoms with Gasteiger partial charge in [0.1, 0.15) is 22.9 Å². The number of halogens is 2. The average Bonchev–Trinajstić information content (AvgIpc) is 3.13. The van der Waals surface area contributed by atoms with Crippen molar-refractivity contribution < 1.29 is 4.21 Å². The van der Waals surface area contributed by atoms with Crippen molar-refractivity contribution in [3.05, 3.63) is 80.8 Å². The van der Waals surface area contributed by atoms with Crippen molar-refractivity contribution in [2.45, 2.75) is 51.2 Å². The van der Waals surface area contributed by atoms with Crippen molar-refractivity contribution in [2.75, 3.05) is 13.1 Å². The van der Waals surface area contributed by atoms with Crippen LogP contribution in [-0.4, -0.2) is 37.7 Å². The van der Waals surface area contributed by atoms with Crippen LogP contribution >= 0.6 is 23.2 Å². The second-order valence-corrected chi connectivity index (χ2v) is 13.5. The van der Waals surface area contributed by atoms with E-state index in [1.807, 2.05) is 45.9 Å². The number of piperidine rings is 1. The molecule has 6 nitrogen and oxygen atoms in total. The SMILES string of the molecule is Cc1nc(C2c3ccccc3C(=N[S@](=O)C(C)(C)C)C23CCNCC3)nc(C#N)c1-c1cccc(Cl)c1Cl. The van der Waals surface area contributed by atoms with Crippen molar-refractivity contribution in [1.82, 2.24) is 15.3 Å². The Labute approximate surface area is 236 Å². The van der Waals surface area contributed by atoms with Crippen LogP contribution in [0, 0.1) is 23.7 Å². The Morgan fingerprint density at radius 2 is 1.76 bits per heavy atom. The highest BCUT2D eigenvalue weighted by atomic mass is 35.5. The lowest BCUT2D eigenvalue weighted by molar-refractivity contribution is 0.271. The molecule has 3 aromatic rings. The predicted molar refractivity (Wildman–Crippen MR) is 154 cm³/mol. The molecular formula is C29H29Cl2N5OS. The molecule has 0 saturated carbocycles. The lowest BCUT2D eigenvalue weighted by atomic mass is 9.68. The highest BCUT2D eigenvalue weighted by Gasteiger charge is 2.54. The molecule has 38 heavy (non-hydrogen) atoms. The molecular weight excluding hydrogens is 537 g/mol. The summed E-state index contributed by atoms with van der Waals surface area (Å²) in [7, 11) is -1.43. The first-order chi connectivity index (χ1) is 18.1. The van der Waals surface area contributed by atoms with Gasteiger partial charge >= 0.3 is 0 Å². The van der Waals surface area contributed by atoms with Crippen molar-refractivity contribution in [3.63, 3.8) is 0 Å². The van der Waals surface area contributed by atoms with Gasteiger partial charge in [-0.1, -0.05) is 59.6 Å². The zero-order valence-corrected chi connectivity index (χ0v) is 24.1. The summed E-state index contributed by atoms with van der Waals surface area (Å²) in [5.74, 6) is 0.341. The Kier molecular flexibility index (Phi) is 7.21. The van der Waals surface area contributed by atoms with Gasteiger partial charge in [0, 0.05) is 22.1 Å². The maximum atomic E-state index is 13.3. The number of rotatable bonds is 3. The van der Waals surface area contributed by atoms with Gasteiger partial charge in [0.2, 0.25) is 0 Å². The fraction of sp³-hybridized carbons (Fsp3) is 0.379. The molecule has 1 aromatic heterocycles. The molecule has 1 aliphatic carbocycles. The van der Waals surface area contributed by atoms with Crippen LogP contribution in [-0.2, 0) is 11.0 Å². The normalized spacial score (nSPS) is 20.3. The number of nitriles is 1. The van der Waals surface area contributed by atoms with E-state index in [1.165, 1.54) is 0 Å². The smallest absolute Gasteiger partial charge is 0.152 e. The Bertz CT molecular complexity index is 1520. The van der Waals surface area contributed by atoms with Crippen LogP contribution < -0.4 is 5.32 Å². The first-order valence-electron chi connectivity index (χ1n) is 12.6. The average molecular weight is 567 g/mol. The summed E-state index contributed by atoms with van der Waals surface area (Å²) in [5.41, 5.74) is 4.57. The first-order valence-corrected chi connectivity index (χ1v) is 14.5. The van der Waals surface area contributed by atoms with Gasteiger partial charge in [-0.25, -0.2) is 14.2 Å². The molecule has 0 bridgehead atoms. The van der Waals surface area contributed by atoms with Crippen molar-refractivity contribution in [1.29, 1.82) is 5.26 Å². The number of hydrogen-bond acceptors (Lipinski definition) is 5. The zero-order chi connectivity index (χ0) is 27.2. The Morgan fingerprint density at radius 1 is 1.08 bits per heavy atom. The number of nitrogens with one attached hydrogen (secondary N) is 1. The van der Waals surface area contributed by atoms with E-state index in [0.29, 0.717) is 32.7 Å². The monoisotopic (exact) mass is 565 g/mol. The van der Waals surface area contributed by atoms with E-state index >= 15 is 0 Å². The van der Waals surface area contributed by atoms with E-state index in [9.17, 15) is 9.47 Å². The quantitative estimate of drug-likeness (QED) is 0.396. The number of aryl methyl sites for hydroxylation is 1. The van der Waals surface area contributed by atoms with Crippen molar-refractivity contribution in [2.24, 2.45) is 9.81 Å². The van der Waals surface area contributed by atoms with Crippen molar-refractivity contribution in [3.8, 4) is 17.2 Å². The van der Waals surface area contributed by atoms with Gasteiger partial charge in [0.25, 0.3) is 0 Å². The Balaban J connectivity index is 1.75. The second kappa shape index (κ2) is 10.2. The van der Waals surface area contributed by atoms with Gasteiger partial charge in [-0.15, -0.1) is 0 Å². The molecule has 1 spiro atoms. The molecule has 196 valence electrons. The molecule has 0 amide bonds. The Hall–Kier alpha value is -2.63. The molecule has 9 heteroatoms. The lowest BCUT2D eigenvalue weighted by Crippen LogP contribution is -2.44. The highest BCUT2D eigenvalue weighted by molar-refractivity contribution is 7.85. The minimum Gasteiger partial charge on any atom is -0.317 e. The van der Waals surface area contributed by atoms with Crippen LogP contribution in [0.3, 0.4) is 0 Å². The summed E-state index contributed by atoms with van der Waals surface area (Å²) in [4.78, 5) is 9.87. The standard InChI is InChI=1S/C29H29Cl2N5OS/c1-17-23(20-10-7-11-21(30)25(20)31)22(16-32)35-27(34-17)24-18-8-5-6-9-19(18)26(36-38(37)28(2,3)4)29(24)12-14-33-15-13-29/h5-11,24,33H,12-15H2,1-4H3/t24?,38-/m1/s1. The topological polar surface area (TPSA) is 91.0 Å². The summed E-state index contributed by atoms with van der Waals surface area (Å²) in [6, 6.07) is 15.7. The molecule has 2 aromatic carbocycles. The Morgan fingerprint density at radius 3 is 2.45 bits per heavy atom. The molecule has 1 saturated heterocycles. The van der Waals surface area contributed by atoms with Gasteiger partial charge < -0.3 is 5.32 Å². The summed E-state index contributed by atoms with van der Waals surface area (Å²) < 4.78 is 17.7. The summed E-state index contributed by atoms with van der Waals surface area (Å²) in [6.07, 6.45) is 1.58. The van der Waals surface area contributed by atoms with E-state index in [0.717, 1.165) is 42.8 Å². The minimum atomic E-state index is -1.43. The number of fused-ring (bicyclic) bond motifs is 1. The summed E-state index contributed by atoms with van der Waals surface area (Å²) in [5, 5.41) is 14.4. The molecule has 2 heterocycles. The predicted octanol–water partition coefficient (Wildman–Crippen LogP) is 6.40. The first kappa shape index (κ1) is 27.0. The van der Waals surface area contributed by atoms with Crippen LogP contribution in [0.5, 0.6) is 0 Å². The molecule has 1 aliphatic heterocycles. The fourth-order valence-corrected chi connectivity index (χ4v) is 6.75. The number of hydrogen-bond donors (Lipinski definition) is 1. The number of nitrogens with zero attached hydrogens (tertiary/aromatic N) is 4. The number of aromatic nitrogens is 2. The van der Waals surface area contributed by atoms with Gasteiger partial charge in [-0.3, -0.25) is 0 Å².